The molecule has 0 aliphatic carbocycles. The maximum atomic E-state index is 12.2. The molecule has 0 radical (unpaired) electrons. The largest absolute Gasteiger partial charge is 0.325 e. The van der Waals surface area contributed by atoms with Crippen LogP contribution in [0.2, 0.25) is 0 Å². The predicted octanol–water partition coefficient (Wildman–Crippen LogP) is 2.70. The highest BCUT2D eigenvalue weighted by Crippen LogP contribution is 2.26. The fraction of sp³-hybridized carbons (Fsp3) is 0.533. The van der Waals surface area contributed by atoms with E-state index in [1.54, 1.807) is 4.90 Å². The quantitative estimate of drug-likeness (QED) is 0.894. The van der Waals surface area contributed by atoms with Crippen molar-refractivity contribution in [1.82, 2.24) is 0 Å². The highest BCUT2D eigenvalue weighted by Gasteiger charge is 2.22. The van der Waals surface area contributed by atoms with Gasteiger partial charge in [-0.25, -0.2) is 0 Å². The number of anilines is 1. The van der Waals surface area contributed by atoms with Crippen molar-refractivity contribution in [3.8, 4) is 0 Å². The van der Waals surface area contributed by atoms with Crippen molar-refractivity contribution >= 4 is 11.6 Å². The number of carbonyl (C=O) groups excluding carboxylic acids is 1. The zero-order valence-electron chi connectivity index (χ0n) is 12.3. The van der Waals surface area contributed by atoms with Crippen molar-refractivity contribution in [3.05, 3.63) is 28.8 Å². The maximum Gasteiger partial charge on any atom is 0.228 e. The van der Waals surface area contributed by atoms with Gasteiger partial charge in [0.1, 0.15) is 0 Å². The molecular formula is C15H24N2O. The van der Waals surface area contributed by atoms with Crippen LogP contribution in [0.15, 0.2) is 12.1 Å². The number of carbonyl (C=O) groups is 1. The van der Waals surface area contributed by atoms with Gasteiger partial charge in [-0.1, -0.05) is 17.7 Å². The van der Waals surface area contributed by atoms with Gasteiger partial charge in [-0.15, -0.1) is 0 Å². The third-order valence-electron chi connectivity index (χ3n) is 2.95. The molecule has 1 aromatic carbocycles. The van der Waals surface area contributed by atoms with Crippen LogP contribution in [0.3, 0.4) is 0 Å². The molecule has 0 spiro atoms. The Kier molecular flexibility index (Phi) is 4.17. The normalized spacial score (nSPS) is 11.5. The van der Waals surface area contributed by atoms with E-state index < -0.39 is 5.54 Å². The first-order chi connectivity index (χ1) is 8.11. The van der Waals surface area contributed by atoms with Crippen LogP contribution in [0.1, 0.15) is 37.0 Å². The maximum absolute atomic E-state index is 12.2. The number of amides is 1. The van der Waals surface area contributed by atoms with Crippen LogP contribution in [0.4, 0.5) is 5.69 Å². The molecule has 0 aromatic heterocycles. The van der Waals surface area contributed by atoms with Crippen molar-refractivity contribution in [2.24, 2.45) is 5.73 Å². The van der Waals surface area contributed by atoms with E-state index in [2.05, 4.69) is 19.1 Å². The Bertz CT molecular complexity index is 435. The van der Waals surface area contributed by atoms with Crippen molar-refractivity contribution < 1.29 is 4.79 Å². The summed E-state index contributed by atoms with van der Waals surface area (Å²) >= 11 is 0. The molecule has 18 heavy (non-hydrogen) atoms. The number of aryl methyl sites for hydroxylation is 3. The molecule has 0 bridgehead atoms. The smallest absolute Gasteiger partial charge is 0.228 e. The second-order valence-corrected chi connectivity index (χ2v) is 5.87. The Morgan fingerprint density at radius 1 is 1.22 bits per heavy atom. The summed E-state index contributed by atoms with van der Waals surface area (Å²) in [5.41, 5.74) is 9.89. The Morgan fingerprint density at radius 2 is 1.67 bits per heavy atom. The summed E-state index contributed by atoms with van der Waals surface area (Å²) in [6, 6.07) is 4.19. The molecule has 1 amide bonds. The number of nitrogens with two attached hydrogens (primary N) is 1. The summed E-state index contributed by atoms with van der Waals surface area (Å²) in [6.07, 6.45) is 0.344. The third-order valence-corrected chi connectivity index (χ3v) is 2.95. The van der Waals surface area contributed by atoms with Gasteiger partial charge in [-0.3, -0.25) is 4.79 Å². The molecule has 0 atom stereocenters. The molecule has 3 heteroatoms. The SMILES string of the molecule is Cc1cc(C)c(N(C)C(=O)CC(C)(C)N)c(C)c1. The molecule has 100 valence electrons. The van der Waals surface area contributed by atoms with Crippen LogP contribution in [0, 0.1) is 20.8 Å². The van der Waals surface area contributed by atoms with Gasteiger partial charge in [0.15, 0.2) is 0 Å². The molecule has 1 rings (SSSR count). The van der Waals surface area contributed by atoms with E-state index in [1.165, 1.54) is 5.56 Å². The van der Waals surface area contributed by atoms with E-state index in [4.69, 9.17) is 5.73 Å². The van der Waals surface area contributed by atoms with E-state index in [0.717, 1.165) is 16.8 Å². The standard InChI is InChI=1S/C15H24N2O/c1-10-7-11(2)14(12(3)8-10)17(6)13(18)9-15(4,5)16/h7-8H,9,16H2,1-6H3. The second-order valence-electron chi connectivity index (χ2n) is 5.87. The van der Waals surface area contributed by atoms with Crippen LogP contribution in [-0.4, -0.2) is 18.5 Å². The van der Waals surface area contributed by atoms with Crippen LogP contribution in [-0.2, 0) is 4.79 Å². The average molecular weight is 248 g/mol. The van der Waals surface area contributed by atoms with Crippen molar-refractivity contribution in [2.75, 3.05) is 11.9 Å². The minimum atomic E-state index is -0.474. The van der Waals surface area contributed by atoms with Crippen molar-refractivity contribution in [2.45, 2.75) is 46.6 Å². The summed E-state index contributed by atoms with van der Waals surface area (Å²) in [5.74, 6) is 0.0533. The van der Waals surface area contributed by atoms with Crippen LogP contribution < -0.4 is 10.6 Å². The van der Waals surface area contributed by atoms with Gasteiger partial charge in [0, 0.05) is 24.7 Å². The minimum Gasteiger partial charge on any atom is -0.325 e. The van der Waals surface area contributed by atoms with E-state index in [9.17, 15) is 4.79 Å². The first-order valence-electron chi connectivity index (χ1n) is 6.25. The van der Waals surface area contributed by atoms with Gasteiger partial charge in [0.2, 0.25) is 5.91 Å². The van der Waals surface area contributed by atoms with Crippen molar-refractivity contribution in [1.29, 1.82) is 0 Å². The van der Waals surface area contributed by atoms with Gasteiger partial charge >= 0.3 is 0 Å². The Balaban J connectivity index is 3.04. The van der Waals surface area contributed by atoms with Gasteiger partial charge in [0.05, 0.1) is 0 Å². The number of hydrogen-bond donors (Lipinski definition) is 1. The van der Waals surface area contributed by atoms with E-state index in [1.807, 2.05) is 34.7 Å². The molecule has 0 unspecified atom stereocenters. The lowest BCUT2D eigenvalue weighted by molar-refractivity contribution is -0.119. The van der Waals surface area contributed by atoms with Crippen LogP contribution in [0.5, 0.6) is 0 Å². The second kappa shape index (κ2) is 5.11. The van der Waals surface area contributed by atoms with Gasteiger partial charge in [0.25, 0.3) is 0 Å². The fourth-order valence-corrected chi connectivity index (χ4v) is 2.33. The summed E-state index contributed by atoms with van der Waals surface area (Å²) in [7, 11) is 1.82. The molecule has 1 aromatic rings. The van der Waals surface area contributed by atoms with Crippen molar-refractivity contribution in [3.63, 3.8) is 0 Å². The van der Waals surface area contributed by atoms with Crippen LogP contribution in [0.25, 0.3) is 0 Å². The number of hydrogen-bond acceptors (Lipinski definition) is 2. The topological polar surface area (TPSA) is 46.3 Å². The molecule has 0 aliphatic heterocycles. The van der Waals surface area contributed by atoms with Gasteiger partial charge in [-0.2, -0.15) is 0 Å². The average Bonchev–Trinajstić information content (AvgIpc) is 2.12. The predicted molar refractivity (Wildman–Crippen MR) is 76.9 cm³/mol. The first-order valence-corrected chi connectivity index (χ1v) is 6.25. The summed E-state index contributed by atoms with van der Waals surface area (Å²) in [4.78, 5) is 13.9. The van der Waals surface area contributed by atoms with E-state index >= 15 is 0 Å². The van der Waals surface area contributed by atoms with E-state index in [0.29, 0.717) is 6.42 Å². The Hall–Kier alpha value is -1.35. The van der Waals surface area contributed by atoms with E-state index in [-0.39, 0.29) is 5.91 Å². The van der Waals surface area contributed by atoms with Gasteiger partial charge in [-0.05, 0) is 45.7 Å². The highest BCUT2D eigenvalue weighted by molar-refractivity contribution is 5.95. The Morgan fingerprint density at radius 3 is 2.06 bits per heavy atom. The number of nitrogens with zero attached hydrogens (tertiary/aromatic N) is 1. The zero-order valence-corrected chi connectivity index (χ0v) is 12.3. The molecular weight excluding hydrogens is 224 g/mol. The third kappa shape index (κ3) is 3.57. The highest BCUT2D eigenvalue weighted by atomic mass is 16.2. The minimum absolute atomic E-state index is 0.0533. The molecule has 2 N–H and O–H groups in total. The lowest BCUT2D eigenvalue weighted by atomic mass is 10.00. The molecule has 0 aliphatic rings. The fourth-order valence-electron chi connectivity index (χ4n) is 2.33. The molecule has 0 saturated carbocycles. The molecule has 0 fully saturated rings. The number of rotatable bonds is 3. The lowest BCUT2D eigenvalue weighted by Gasteiger charge is -2.26. The monoisotopic (exact) mass is 248 g/mol. The number of benzene rings is 1. The first kappa shape index (κ1) is 14.7. The molecule has 0 saturated heterocycles. The van der Waals surface area contributed by atoms with Crippen LogP contribution >= 0.6 is 0 Å². The zero-order chi connectivity index (χ0) is 14.1. The summed E-state index contributed by atoms with van der Waals surface area (Å²) in [5, 5.41) is 0. The summed E-state index contributed by atoms with van der Waals surface area (Å²) < 4.78 is 0. The van der Waals surface area contributed by atoms with Gasteiger partial charge < -0.3 is 10.6 Å². The molecule has 3 nitrogen and oxygen atoms in total. The molecule has 0 heterocycles. The lowest BCUT2D eigenvalue weighted by Crippen LogP contribution is -2.40. The summed E-state index contributed by atoms with van der Waals surface area (Å²) in [6.45, 7) is 9.87. The Labute approximate surface area is 110 Å².